The van der Waals surface area contributed by atoms with Crippen LogP contribution in [-0.2, 0) is 16.6 Å². The maximum absolute atomic E-state index is 12.6. The van der Waals surface area contributed by atoms with Gasteiger partial charge in [0.05, 0.1) is 10.6 Å². The van der Waals surface area contributed by atoms with Crippen molar-refractivity contribution < 1.29 is 8.42 Å². The second-order valence-corrected chi connectivity index (χ2v) is 7.47. The van der Waals surface area contributed by atoms with Gasteiger partial charge in [0.25, 0.3) is 10.0 Å². The van der Waals surface area contributed by atoms with Crippen molar-refractivity contribution >= 4 is 38.3 Å². The monoisotopic (exact) mass is 416 g/mol. The molecular formula is C15H17IN2O2S. The fourth-order valence-electron chi connectivity index (χ4n) is 2.08. The van der Waals surface area contributed by atoms with E-state index in [1.165, 1.54) is 0 Å². The number of anilines is 1. The van der Waals surface area contributed by atoms with Crippen LogP contribution in [0.4, 0.5) is 5.69 Å². The molecule has 0 aliphatic rings. The highest BCUT2D eigenvalue weighted by Gasteiger charge is 2.19. The lowest BCUT2D eigenvalue weighted by Gasteiger charge is -2.14. The summed E-state index contributed by atoms with van der Waals surface area (Å²) in [6.07, 6.45) is 0. The number of hydrogen-bond acceptors (Lipinski definition) is 3. The van der Waals surface area contributed by atoms with E-state index in [0.29, 0.717) is 17.1 Å². The Morgan fingerprint density at radius 1 is 1.10 bits per heavy atom. The van der Waals surface area contributed by atoms with Gasteiger partial charge in [0, 0.05) is 10.1 Å². The van der Waals surface area contributed by atoms with E-state index in [2.05, 4.69) is 32.6 Å². The zero-order valence-electron chi connectivity index (χ0n) is 11.9. The van der Waals surface area contributed by atoms with E-state index in [9.17, 15) is 8.42 Å². The molecule has 2 aromatic rings. The van der Waals surface area contributed by atoms with Crippen molar-refractivity contribution in [2.45, 2.75) is 18.4 Å². The Labute approximate surface area is 139 Å². The predicted octanol–water partition coefficient (Wildman–Crippen LogP) is 3.12. The molecule has 2 N–H and O–H groups in total. The van der Waals surface area contributed by atoms with Gasteiger partial charge < -0.3 is 5.32 Å². The van der Waals surface area contributed by atoms with Crippen LogP contribution in [-0.4, -0.2) is 15.5 Å². The molecule has 2 rings (SSSR count). The summed E-state index contributed by atoms with van der Waals surface area (Å²) in [5.41, 5.74) is 2.34. The SMILES string of the molecule is CNCc1cccc(S(=O)(=O)Nc2ccccc2I)c1C. The topological polar surface area (TPSA) is 58.2 Å². The Kier molecular flexibility index (Phi) is 5.23. The van der Waals surface area contributed by atoms with Crippen LogP contribution in [0.2, 0.25) is 0 Å². The first-order valence-electron chi connectivity index (χ1n) is 6.46. The molecule has 4 nitrogen and oxygen atoms in total. The Bertz CT molecular complexity index is 745. The average molecular weight is 416 g/mol. The molecule has 0 atom stereocenters. The molecule has 21 heavy (non-hydrogen) atoms. The molecule has 0 fully saturated rings. The van der Waals surface area contributed by atoms with Crippen LogP contribution in [0, 0.1) is 10.5 Å². The highest BCUT2D eigenvalue weighted by molar-refractivity contribution is 14.1. The second kappa shape index (κ2) is 6.76. The molecule has 0 unspecified atom stereocenters. The van der Waals surface area contributed by atoms with E-state index in [4.69, 9.17) is 0 Å². The fourth-order valence-corrected chi connectivity index (χ4v) is 4.15. The van der Waals surface area contributed by atoms with E-state index in [-0.39, 0.29) is 0 Å². The van der Waals surface area contributed by atoms with Crippen molar-refractivity contribution in [3.05, 3.63) is 57.2 Å². The molecule has 0 aromatic heterocycles. The first-order chi connectivity index (χ1) is 9.95. The van der Waals surface area contributed by atoms with Crippen molar-refractivity contribution in [3.8, 4) is 0 Å². The summed E-state index contributed by atoms with van der Waals surface area (Å²) < 4.78 is 28.7. The van der Waals surface area contributed by atoms with Crippen LogP contribution < -0.4 is 10.0 Å². The number of rotatable bonds is 5. The minimum absolute atomic E-state index is 0.315. The summed E-state index contributed by atoms with van der Waals surface area (Å²) in [5.74, 6) is 0. The van der Waals surface area contributed by atoms with Gasteiger partial charge in [-0.25, -0.2) is 8.42 Å². The lowest BCUT2D eigenvalue weighted by Crippen LogP contribution is -2.16. The molecule has 0 heterocycles. The molecule has 0 radical (unpaired) electrons. The summed E-state index contributed by atoms with van der Waals surface area (Å²) in [6.45, 7) is 2.47. The minimum atomic E-state index is -3.59. The third kappa shape index (κ3) is 3.75. The molecule has 2 aromatic carbocycles. The Balaban J connectivity index is 2.41. The van der Waals surface area contributed by atoms with E-state index < -0.39 is 10.0 Å². The van der Waals surface area contributed by atoms with Gasteiger partial charge in [-0.2, -0.15) is 0 Å². The van der Waals surface area contributed by atoms with Crippen LogP contribution in [0.1, 0.15) is 11.1 Å². The van der Waals surface area contributed by atoms with Gasteiger partial charge in [-0.3, -0.25) is 4.72 Å². The smallest absolute Gasteiger partial charge is 0.262 e. The third-order valence-electron chi connectivity index (χ3n) is 3.17. The molecule has 6 heteroatoms. The zero-order valence-corrected chi connectivity index (χ0v) is 14.8. The van der Waals surface area contributed by atoms with Crippen molar-refractivity contribution in [1.29, 1.82) is 0 Å². The summed E-state index contributed by atoms with van der Waals surface area (Å²) in [5, 5.41) is 3.05. The van der Waals surface area contributed by atoms with E-state index in [0.717, 1.165) is 14.7 Å². The molecule has 0 spiro atoms. The summed E-state index contributed by atoms with van der Waals surface area (Å²) in [7, 11) is -1.75. The maximum atomic E-state index is 12.6. The molecule has 112 valence electrons. The molecule has 0 bridgehead atoms. The van der Waals surface area contributed by atoms with E-state index in [1.807, 2.05) is 38.2 Å². The Morgan fingerprint density at radius 2 is 1.81 bits per heavy atom. The molecule has 0 saturated carbocycles. The fraction of sp³-hybridized carbons (Fsp3) is 0.200. The van der Waals surface area contributed by atoms with Crippen molar-refractivity contribution in [3.63, 3.8) is 0 Å². The van der Waals surface area contributed by atoms with Gasteiger partial charge in [-0.05, 0) is 65.9 Å². The standard InChI is InChI=1S/C15H17IN2O2S/c1-11-12(10-17-2)6-5-9-15(11)21(19,20)18-14-8-4-3-7-13(14)16/h3-9,17-18H,10H2,1-2H3. The van der Waals surface area contributed by atoms with Crippen LogP contribution >= 0.6 is 22.6 Å². The lowest BCUT2D eigenvalue weighted by atomic mass is 10.1. The minimum Gasteiger partial charge on any atom is -0.316 e. The predicted molar refractivity (Wildman–Crippen MR) is 93.9 cm³/mol. The average Bonchev–Trinajstić information content (AvgIpc) is 2.43. The molecule has 0 aliphatic carbocycles. The lowest BCUT2D eigenvalue weighted by molar-refractivity contribution is 0.600. The largest absolute Gasteiger partial charge is 0.316 e. The summed E-state index contributed by atoms with van der Waals surface area (Å²) >= 11 is 2.11. The van der Waals surface area contributed by atoms with Gasteiger partial charge in [-0.15, -0.1) is 0 Å². The van der Waals surface area contributed by atoms with Crippen LogP contribution in [0.5, 0.6) is 0 Å². The van der Waals surface area contributed by atoms with Crippen molar-refractivity contribution in [2.24, 2.45) is 0 Å². The van der Waals surface area contributed by atoms with Crippen molar-refractivity contribution in [2.75, 3.05) is 11.8 Å². The van der Waals surface area contributed by atoms with Gasteiger partial charge in [0.15, 0.2) is 0 Å². The van der Waals surface area contributed by atoms with Gasteiger partial charge in [-0.1, -0.05) is 24.3 Å². The van der Waals surface area contributed by atoms with E-state index in [1.54, 1.807) is 18.2 Å². The second-order valence-electron chi connectivity index (χ2n) is 4.66. The summed E-state index contributed by atoms with van der Waals surface area (Å²) in [4.78, 5) is 0.315. The van der Waals surface area contributed by atoms with Gasteiger partial charge >= 0.3 is 0 Å². The van der Waals surface area contributed by atoms with Crippen LogP contribution in [0.15, 0.2) is 47.4 Å². The maximum Gasteiger partial charge on any atom is 0.262 e. The number of para-hydroxylation sites is 1. The number of halogens is 1. The Morgan fingerprint density at radius 3 is 2.48 bits per heavy atom. The zero-order chi connectivity index (χ0) is 15.5. The van der Waals surface area contributed by atoms with Crippen LogP contribution in [0.3, 0.4) is 0 Å². The Hall–Kier alpha value is -1.12. The molecule has 0 saturated heterocycles. The van der Waals surface area contributed by atoms with E-state index >= 15 is 0 Å². The van der Waals surface area contributed by atoms with Crippen LogP contribution in [0.25, 0.3) is 0 Å². The number of sulfonamides is 1. The molecular weight excluding hydrogens is 399 g/mol. The van der Waals surface area contributed by atoms with Gasteiger partial charge in [0.2, 0.25) is 0 Å². The molecule has 0 amide bonds. The third-order valence-corrected chi connectivity index (χ3v) is 5.62. The first kappa shape index (κ1) is 16.3. The quantitative estimate of drug-likeness (QED) is 0.737. The highest BCUT2D eigenvalue weighted by Crippen LogP contribution is 2.24. The number of hydrogen-bond donors (Lipinski definition) is 2. The summed E-state index contributed by atoms with van der Waals surface area (Å²) in [6, 6.07) is 12.6. The molecule has 0 aliphatic heterocycles. The van der Waals surface area contributed by atoms with Crippen molar-refractivity contribution in [1.82, 2.24) is 5.32 Å². The normalized spacial score (nSPS) is 11.4. The highest BCUT2D eigenvalue weighted by atomic mass is 127. The number of nitrogens with one attached hydrogen (secondary N) is 2. The number of benzene rings is 2. The van der Waals surface area contributed by atoms with Gasteiger partial charge in [0.1, 0.15) is 0 Å². The first-order valence-corrected chi connectivity index (χ1v) is 9.02.